The minimum Gasteiger partial charge on any atom is -0.493 e. The Balaban J connectivity index is 1.59. The molecule has 5 aromatic rings. The second kappa shape index (κ2) is 11.0. The maximum absolute atomic E-state index is 14.0. The van der Waals surface area contributed by atoms with E-state index in [0.29, 0.717) is 34.4 Å². The van der Waals surface area contributed by atoms with E-state index < -0.39 is 5.82 Å². The summed E-state index contributed by atoms with van der Waals surface area (Å²) in [6.45, 7) is 2.17. The first-order valence-corrected chi connectivity index (χ1v) is 12.1. The largest absolute Gasteiger partial charge is 0.493 e. The fourth-order valence-corrected chi connectivity index (χ4v) is 4.16. The normalized spacial score (nSPS) is 10.8. The number of carbonyl (C=O) groups is 1. The fraction of sp³-hybridized carbons (Fsp3) is 0.133. The van der Waals surface area contributed by atoms with Crippen molar-refractivity contribution >= 4 is 5.91 Å². The molecule has 0 saturated carbocycles. The van der Waals surface area contributed by atoms with Crippen LogP contribution in [0.25, 0.3) is 5.69 Å². The van der Waals surface area contributed by atoms with Gasteiger partial charge in [0.15, 0.2) is 11.5 Å². The maximum atomic E-state index is 14.0. The zero-order chi connectivity index (χ0) is 26.5. The number of para-hydroxylation sites is 3. The lowest BCUT2D eigenvalue weighted by atomic mass is 10.1. The van der Waals surface area contributed by atoms with Gasteiger partial charge in [-0.05, 0) is 61.5 Å². The van der Waals surface area contributed by atoms with Gasteiger partial charge in [-0.3, -0.25) is 4.79 Å². The van der Waals surface area contributed by atoms with Crippen molar-refractivity contribution in [3.05, 3.63) is 126 Å². The third-order valence-electron chi connectivity index (χ3n) is 6.05. The van der Waals surface area contributed by atoms with Crippen LogP contribution in [-0.2, 0) is 13.1 Å². The van der Waals surface area contributed by atoms with Crippen LogP contribution in [0.2, 0.25) is 0 Å². The first-order chi connectivity index (χ1) is 18.5. The van der Waals surface area contributed by atoms with Crippen LogP contribution in [0, 0.1) is 12.7 Å². The molecule has 0 aliphatic carbocycles. The van der Waals surface area contributed by atoms with Crippen LogP contribution in [-0.4, -0.2) is 27.7 Å². The van der Waals surface area contributed by atoms with Gasteiger partial charge in [0, 0.05) is 5.56 Å². The van der Waals surface area contributed by atoms with E-state index in [9.17, 15) is 9.18 Å². The number of aryl methyl sites for hydroxylation is 1. The van der Waals surface area contributed by atoms with E-state index in [2.05, 4.69) is 0 Å². The summed E-state index contributed by atoms with van der Waals surface area (Å²) < 4.78 is 33.2. The molecule has 3 aromatic carbocycles. The van der Waals surface area contributed by atoms with Crippen molar-refractivity contribution < 1.29 is 23.1 Å². The number of carbonyl (C=O) groups excluding carboxylic acids is 1. The highest BCUT2D eigenvalue weighted by atomic mass is 19.1. The van der Waals surface area contributed by atoms with E-state index >= 15 is 0 Å². The molecule has 192 valence electrons. The van der Waals surface area contributed by atoms with Gasteiger partial charge in [0.2, 0.25) is 5.88 Å². The van der Waals surface area contributed by atoms with E-state index in [4.69, 9.17) is 19.0 Å². The number of hydrogen-bond acceptors (Lipinski definition) is 5. The van der Waals surface area contributed by atoms with Gasteiger partial charge < -0.3 is 18.8 Å². The Morgan fingerprint density at radius 1 is 0.947 bits per heavy atom. The predicted molar refractivity (Wildman–Crippen MR) is 140 cm³/mol. The van der Waals surface area contributed by atoms with Gasteiger partial charge >= 0.3 is 0 Å². The minimum absolute atomic E-state index is 0.138. The summed E-state index contributed by atoms with van der Waals surface area (Å²) in [4.78, 5) is 15.2. The molecule has 2 heterocycles. The Labute approximate surface area is 219 Å². The highest BCUT2D eigenvalue weighted by Crippen LogP contribution is 2.36. The molecule has 38 heavy (non-hydrogen) atoms. The molecule has 1 amide bonds. The lowest BCUT2D eigenvalue weighted by Crippen LogP contribution is -2.30. The van der Waals surface area contributed by atoms with E-state index in [1.165, 1.54) is 18.2 Å². The van der Waals surface area contributed by atoms with Crippen molar-refractivity contribution in [3.63, 3.8) is 0 Å². The molecule has 0 spiro atoms. The minimum atomic E-state index is -0.484. The molecule has 0 radical (unpaired) electrons. The van der Waals surface area contributed by atoms with E-state index in [-0.39, 0.29) is 24.6 Å². The Morgan fingerprint density at radius 2 is 1.71 bits per heavy atom. The zero-order valence-electron chi connectivity index (χ0n) is 21.0. The fourth-order valence-electron chi connectivity index (χ4n) is 4.16. The molecule has 7 nitrogen and oxygen atoms in total. The van der Waals surface area contributed by atoms with Crippen LogP contribution in [0.5, 0.6) is 17.4 Å². The third-order valence-corrected chi connectivity index (χ3v) is 6.05. The zero-order valence-corrected chi connectivity index (χ0v) is 21.0. The number of amides is 1. The van der Waals surface area contributed by atoms with E-state index in [1.807, 2.05) is 55.5 Å². The van der Waals surface area contributed by atoms with Gasteiger partial charge in [0.25, 0.3) is 5.91 Å². The van der Waals surface area contributed by atoms with Crippen LogP contribution < -0.4 is 9.47 Å². The average molecular weight is 512 g/mol. The Kier molecular flexibility index (Phi) is 7.21. The molecule has 0 fully saturated rings. The van der Waals surface area contributed by atoms with Crippen molar-refractivity contribution in [2.75, 3.05) is 7.11 Å². The van der Waals surface area contributed by atoms with E-state index in [0.717, 1.165) is 5.69 Å². The summed E-state index contributed by atoms with van der Waals surface area (Å²) >= 11 is 0. The summed E-state index contributed by atoms with van der Waals surface area (Å²) in [5.41, 5.74) is 2.39. The summed E-state index contributed by atoms with van der Waals surface area (Å²) in [6, 6.07) is 26.1. The van der Waals surface area contributed by atoms with Gasteiger partial charge in [-0.25, -0.2) is 9.07 Å². The third kappa shape index (κ3) is 5.29. The lowest BCUT2D eigenvalue weighted by molar-refractivity contribution is 0.0716. The van der Waals surface area contributed by atoms with Crippen molar-refractivity contribution in [1.82, 2.24) is 14.7 Å². The number of nitrogens with zero attached hydrogens (tertiary/aromatic N) is 3. The number of rotatable bonds is 9. The molecule has 0 saturated heterocycles. The number of halogens is 1. The molecule has 0 atom stereocenters. The Morgan fingerprint density at radius 3 is 2.42 bits per heavy atom. The molecule has 8 heteroatoms. The van der Waals surface area contributed by atoms with Crippen LogP contribution >= 0.6 is 0 Å². The summed E-state index contributed by atoms with van der Waals surface area (Å²) in [5.74, 6) is 1.25. The quantitative estimate of drug-likeness (QED) is 0.224. The molecule has 0 N–H and O–H groups in total. The smallest absolute Gasteiger partial charge is 0.254 e. The van der Waals surface area contributed by atoms with Gasteiger partial charge in [0.1, 0.15) is 11.6 Å². The van der Waals surface area contributed by atoms with Crippen LogP contribution in [0.4, 0.5) is 4.39 Å². The monoisotopic (exact) mass is 511 g/mol. The Hall–Kier alpha value is -4.85. The first kappa shape index (κ1) is 24.8. The molecule has 0 bridgehead atoms. The highest BCUT2D eigenvalue weighted by molar-refractivity contribution is 5.94. The van der Waals surface area contributed by atoms with Gasteiger partial charge in [-0.15, -0.1) is 0 Å². The molecule has 0 aliphatic rings. The Bertz CT molecular complexity index is 1530. The van der Waals surface area contributed by atoms with Crippen molar-refractivity contribution in [3.8, 4) is 23.1 Å². The van der Waals surface area contributed by atoms with Crippen LogP contribution in [0.15, 0.2) is 102 Å². The van der Waals surface area contributed by atoms with Crippen molar-refractivity contribution in [2.45, 2.75) is 20.0 Å². The number of furan rings is 1. The van der Waals surface area contributed by atoms with Crippen LogP contribution in [0.3, 0.4) is 0 Å². The molecule has 0 aliphatic heterocycles. The molecular formula is C30H26FN3O4. The maximum Gasteiger partial charge on any atom is 0.254 e. The lowest BCUT2D eigenvalue weighted by Gasteiger charge is -2.23. The average Bonchev–Trinajstić information content (AvgIpc) is 3.57. The molecule has 5 rings (SSSR count). The predicted octanol–water partition coefficient (Wildman–Crippen LogP) is 6.56. The van der Waals surface area contributed by atoms with E-state index in [1.54, 1.807) is 47.2 Å². The molecular weight excluding hydrogens is 485 g/mol. The first-order valence-electron chi connectivity index (χ1n) is 12.1. The SMILES string of the molecule is COc1ccccc1Oc1c(CN(Cc2ccco2)C(=O)c2cccc(F)c2)c(C)nn1-c1ccccc1. The molecule has 0 unspecified atom stereocenters. The molecule has 2 aromatic heterocycles. The van der Waals surface area contributed by atoms with Gasteiger partial charge in [-0.2, -0.15) is 5.10 Å². The second-order valence-corrected chi connectivity index (χ2v) is 8.62. The number of ether oxygens (including phenoxy) is 2. The standard InChI is InChI=1S/C30H26FN3O4/c1-21-26(20-33(19-25-14-9-17-37-25)29(35)22-10-8-11-23(31)18-22)30(34(32-21)24-12-4-3-5-13-24)38-28-16-7-6-15-27(28)36-2/h3-18H,19-20H2,1-2H3. The summed E-state index contributed by atoms with van der Waals surface area (Å²) in [5, 5.41) is 4.76. The topological polar surface area (TPSA) is 69.7 Å². The van der Waals surface area contributed by atoms with Gasteiger partial charge in [0.05, 0.1) is 43.4 Å². The number of methoxy groups -OCH3 is 1. The van der Waals surface area contributed by atoms with Crippen LogP contribution in [0.1, 0.15) is 27.4 Å². The second-order valence-electron chi connectivity index (χ2n) is 8.62. The highest BCUT2D eigenvalue weighted by Gasteiger charge is 2.26. The number of aromatic nitrogens is 2. The number of benzene rings is 3. The van der Waals surface area contributed by atoms with Crippen molar-refractivity contribution in [2.24, 2.45) is 0 Å². The number of hydrogen-bond donors (Lipinski definition) is 0. The summed E-state index contributed by atoms with van der Waals surface area (Å²) in [7, 11) is 1.58. The van der Waals surface area contributed by atoms with Gasteiger partial charge in [-0.1, -0.05) is 36.4 Å². The van der Waals surface area contributed by atoms with Crippen molar-refractivity contribution in [1.29, 1.82) is 0 Å². The summed E-state index contributed by atoms with van der Waals surface area (Å²) in [6.07, 6.45) is 1.55.